The van der Waals surface area contributed by atoms with E-state index in [0.717, 1.165) is 20.4 Å². The largest absolute Gasteiger partial charge is 0.481 e. The van der Waals surface area contributed by atoms with E-state index in [4.69, 9.17) is 5.11 Å². The second-order valence-corrected chi connectivity index (χ2v) is 6.47. The fourth-order valence-corrected chi connectivity index (χ4v) is 4.34. The Labute approximate surface area is 102 Å². The van der Waals surface area contributed by atoms with Crippen LogP contribution in [0.15, 0.2) is 10.3 Å². The average Bonchev–Trinajstić information content (AvgIpc) is 2.50. The molecule has 1 atom stereocenters. The molecule has 0 saturated heterocycles. The number of fused-ring (bicyclic) bond motifs is 1. The van der Waals surface area contributed by atoms with Gasteiger partial charge in [-0.05, 0) is 25.2 Å². The van der Waals surface area contributed by atoms with Gasteiger partial charge in [0.2, 0.25) is 0 Å². The molecule has 5 heteroatoms. The topological polar surface area (TPSA) is 54.4 Å². The third kappa shape index (κ3) is 2.30. The van der Waals surface area contributed by atoms with Gasteiger partial charge in [-0.15, -0.1) is 23.1 Å². The summed E-state index contributed by atoms with van der Waals surface area (Å²) in [7, 11) is 0. The first-order chi connectivity index (χ1) is 7.58. The van der Waals surface area contributed by atoms with Gasteiger partial charge in [-0.25, -0.2) is 0 Å². The van der Waals surface area contributed by atoms with Gasteiger partial charge in [-0.3, -0.25) is 9.59 Å². The molecule has 1 aromatic heterocycles. The second kappa shape index (κ2) is 4.59. The number of aryl methyl sites for hydroxylation is 1. The van der Waals surface area contributed by atoms with Gasteiger partial charge in [0.05, 0.1) is 10.6 Å². The number of hydrogen-bond acceptors (Lipinski definition) is 4. The van der Waals surface area contributed by atoms with E-state index in [1.54, 1.807) is 23.1 Å². The van der Waals surface area contributed by atoms with Crippen LogP contribution in [0.2, 0.25) is 0 Å². The van der Waals surface area contributed by atoms with Gasteiger partial charge in [0.15, 0.2) is 5.78 Å². The summed E-state index contributed by atoms with van der Waals surface area (Å²) in [4.78, 5) is 23.9. The Balaban J connectivity index is 2.29. The third-order valence-electron chi connectivity index (χ3n) is 2.58. The number of Topliss-reactive ketones (excluding diaryl/α,β-unsaturated/α-hetero) is 1. The molecule has 1 aliphatic heterocycles. The number of rotatable bonds is 2. The lowest BCUT2D eigenvalue weighted by molar-refractivity contribution is -0.137. The summed E-state index contributed by atoms with van der Waals surface area (Å²) in [6.45, 7) is 1.97. The maximum Gasteiger partial charge on any atom is 0.304 e. The number of carbonyl (C=O) groups is 2. The normalized spacial score (nSPS) is 20.3. The lowest BCUT2D eigenvalue weighted by atomic mass is 9.94. The Morgan fingerprint density at radius 1 is 1.62 bits per heavy atom. The summed E-state index contributed by atoms with van der Waals surface area (Å²) >= 11 is 3.29. The van der Waals surface area contributed by atoms with Gasteiger partial charge in [0, 0.05) is 16.4 Å². The average molecular weight is 256 g/mol. The number of aliphatic carboxylic acids is 1. The monoisotopic (exact) mass is 256 g/mol. The van der Waals surface area contributed by atoms with Gasteiger partial charge < -0.3 is 5.11 Å². The maximum atomic E-state index is 12.1. The van der Waals surface area contributed by atoms with Crippen LogP contribution in [0.5, 0.6) is 0 Å². The predicted octanol–water partition coefficient (Wildman–Crippen LogP) is 2.83. The van der Waals surface area contributed by atoms with Crippen LogP contribution >= 0.6 is 23.1 Å². The van der Waals surface area contributed by atoms with Crippen LogP contribution < -0.4 is 0 Å². The van der Waals surface area contributed by atoms with Crippen molar-refractivity contribution in [2.75, 3.05) is 5.75 Å². The number of ketones is 1. The number of carboxylic acid groups (broad SMARTS) is 1. The summed E-state index contributed by atoms with van der Waals surface area (Å²) in [6.07, 6.45) is 0.615. The van der Waals surface area contributed by atoms with Gasteiger partial charge >= 0.3 is 5.97 Å². The Morgan fingerprint density at radius 2 is 2.38 bits per heavy atom. The molecule has 2 heterocycles. The highest BCUT2D eigenvalue weighted by molar-refractivity contribution is 8.01. The van der Waals surface area contributed by atoms with Crippen molar-refractivity contribution in [2.45, 2.75) is 24.0 Å². The summed E-state index contributed by atoms with van der Waals surface area (Å²) in [6, 6.07) is 1.88. The minimum atomic E-state index is -0.890. The molecule has 2 rings (SSSR count). The summed E-state index contributed by atoms with van der Waals surface area (Å²) in [5, 5.41) is 8.77. The van der Waals surface area contributed by atoms with Crippen molar-refractivity contribution in [3.8, 4) is 0 Å². The fraction of sp³-hybridized carbons (Fsp3) is 0.455. The van der Waals surface area contributed by atoms with Crippen LogP contribution in [-0.2, 0) is 4.79 Å². The minimum absolute atomic E-state index is 0.00625. The molecule has 0 aliphatic carbocycles. The van der Waals surface area contributed by atoms with Crippen LogP contribution in [0.25, 0.3) is 0 Å². The van der Waals surface area contributed by atoms with E-state index in [1.807, 2.05) is 13.0 Å². The minimum Gasteiger partial charge on any atom is -0.481 e. The molecule has 86 valence electrons. The molecular weight excluding hydrogens is 244 g/mol. The SMILES string of the molecule is Cc1cc2c(s1)SCCC(CC(=O)O)C2=O. The van der Waals surface area contributed by atoms with Crippen LogP contribution in [0.3, 0.4) is 0 Å². The van der Waals surface area contributed by atoms with Crippen molar-refractivity contribution in [1.82, 2.24) is 0 Å². The Kier molecular flexibility index (Phi) is 3.35. The van der Waals surface area contributed by atoms with Crippen molar-refractivity contribution in [3.05, 3.63) is 16.5 Å². The molecule has 1 unspecified atom stereocenters. The van der Waals surface area contributed by atoms with Gasteiger partial charge in [-0.1, -0.05) is 0 Å². The third-order valence-corrected chi connectivity index (χ3v) is 4.95. The molecule has 1 aliphatic rings. The molecule has 16 heavy (non-hydrogen) atoms. The van der Waals surface area contributed by atoms with Crippen molar-refractivity contribution >= 4 is 34.9 Å². The van der Waals surface area contributed by atoms with Crippen molar-refractivity contribution in [2.24, 2.45) is 5.92 Å². The van der Waals surface area contributed by atoms with Crippen LogP contribution in [-0.4, -0.2) is 22.6 Å². The lowest BCUT2D eigenvalue weighted by Gasteiger charge is -2.08. The van der Waals surface area contributed by atoms with E-state index in [-0.39, 0.29) is 18.1 Å². The quantitative estimate of drug-likeness (QED) is 0.884. The molecule has 0 aromatic carbocycles. The van der Waals surface area contributed by atoms with Crippen LogP contribution in [0.1, 0.15) is 28.1 Å². The Bertz CT molecular complexity index is 436. The van der Waals surface area contributed by atoms with E-state index in [2.05, 4.69) is 0 Å². The molecule has 1 aromatic rings. The molecule has 1 N–H and O–H groups in total. The number of thiophene rings is 1. The molecule has 0 saturated carbocycles. The van der Waals surface area contributed by atoms with Gasteiger partial charge in [-0.2, -0.15) is 0 Å². The number of carbonyl (C=O) groups excluding carboxylic acids is 1. The molecule has 0 fully saturated rings. The first-order valence-corrected chi connectivity index (χ1v) is 6.87. The number of thioether (sulfide) groups is 1. The fourth-order valence-electron chi connectivity index (χ4n) is 1.82. The molecule has 3 nitrogen and oxygen atoms in total. The van der Waals surface area contributed by atoms with E-state index in [1.165, 1.54) is 0 Å². The number of carboxylic acids is 1. The van der Waals surface area contributed by atoms with Crippen molar-refractivity contribution in [3.63, 3.8) is 0 Å². The first-order valence-electron chi connectivity index (χ1n) is 5.07. The van der Waals surface area contributed by atoms with E-state index < -0.39 is 5.97 Å². The van der Waals surface area contributed by atoms with Gasteiger partial charge in [0.25, 0.3) is 0 Å². The van der Waals surface area contributed by atoms with Crippen LogP contribution in [0.4, 0.5) is 0 Å². The van der Waals surface area contributed by atoms with Crippen molar-refractivity contribution < 1.29 is 14.7 Å². The smallest absolute Gasteiger partial charge is 0.304 e. The van der Waals surface area contributed by atoms with Gasteiger partial charge in [0.1, 0.15) is 0 Å². The lowest BCUT2D eigenvalue weighted by Crippen LogP contribution is -2.18. The molecular formula is C11H12O3S2. The zero-order valence-corrected chi connectivity index (χ0v) is 10.5. The zero-order chi connectivity index (χ0) is 11.7. The molecule has 0 amide bonds. The molecule has 0 spiro atoms. The molecule has 0 bridgehead atoms. The highest BCUT2D eigenvalue weighted by Gasteiger charge is 2.28. The second-order valence-electron chi connectivity index (χ2n) is 3.85. The first kappa shape index (κ1) is 11.7. The summed E-state index contributed by atoms with van der Waals surface area (Å²) in [5.41, 5.74) is 0.733. The highest BCUT2D eigenvalue weighted by atomic mass is 32.2. The summed E-state index contributed by atoms with van der Waals surface area (Å²) in [5.74, 6) is -0.401. The number of hydrogen-bond donors (Lipinski definition) is 1. The van der Waals surface area contributed by atoms with E-state index in [9.17, 15) is 9.59 Å². The van der Waals surface area contributed by atoms with E-state index >= 15 is 0 Å². The predicted molar refractivity (Wildman–Crippen MR) is 64.5 cm³/mol. The highest BCUT2D eigenvalue weighted by Crippen LogP contribution is 2.38. The maximum absolute atomic E-state index is 12.1. The summed E-state index contributed by atoms with van der Waals surface area (Å²) < 4.78 is 1.05. The standard InChI is InChI=1S/C11H12O3S2/c1-6-4-8-10(14)7(5-9(12)13)2-3-15-11(8)16-6/h4,7H,2-3,5H2,1H3,(H,12,13). The Hall–Kier alpha value is -0.810. The Morgan fingerprint density at radius 3 is 3.06 bits per heavy atom. The zero-order valence-electron chi connectivity index (χ0n) is 8.86. The molecule has 0 radical (unpaired) electrons. The van der Waals surface area contributed by atoms with Crippen LogP contribution in [0, 0.1) is 12.8 Å². The van der Waals surface area contributed by atoms with Crippen molar-refractivity contribution in [1.29, 1.82) is 0 Å². The van der Waals surface area contributed by atoms with E-state index in [0.29, 0.717) is 6.42 Å².